The van der Waals surface area contributed by atoms with E-state index >= 15 is 0 Å². The molecule has 0 aliphatic carbocycles. The lowest BCUT2D eigenvalue weighted by atomic mass is 10.2. The summed E-state index contributed by atoms with van der Waals surface area (Å²) >= 11 is 12.3. The zero-order chi connectivity index (χ0) is 16.8. The molecule has 0 aliphatic heterocycles. The number of rotatable bonds is 6. The first kappa shape index (κ1) is 17.4. The Morgan fingerprint density at radius 2 is 1.78 bits per heavy atom. The van der Waals surface area contributed by atoms with E-state index in [1.807, 2.05) is 37.3 Å². The predicted octanol–water partition coefficient (Wildman–Crippen LogP) is 4.96. The number of ether oxygens (including phenoxy) is 1. The summed E-state index contributed by atoms with van der Waals surface area (Å²) in [7, 11) is 0. The van der Waals surface area contributed by atoms with Gasteiger partial charge < -0.3 is 15.4 Å². The van der Waals surface area contributed by atoms with Gasteiger partial charge in [0.1, 0.15) is 5.75 Å². The Morgan fingerprint density at radius 1 is 1.13 bits per heavy atom. The van der Waals surface area contributed by atoms with Crippen molar-refractivity contribution in [2.45, 2.75) is 20.4 Å². The normalized spacial score (nSPS) is 10.3. The topological polar surface area (TPSA) is 50.4 Å². The van der Waals surface area contributed by atoms with Crippen LogP contribution in [-0.2, 0) is 11.3 Å². The Kier molecular flexibility index (Phi) is 6.13. The quantitative estimate of drug-likeness (QED) is 0.772. The Labute approximate surface area is 145 Å². The maximum Gasteiger partial charge on any atom is 0.221 e. The highest BCUT2D eigenvalue weighted by Crippen LogP contribution is 2.33. The molecule has 0 aliphatic rings. The molecule has 0 spiro atoms. The van der Waals surface area contributed by atoms with Gasteiger partial charge in [0.15, 0.2) is 0 Å². The van der Waals surface area contributed by atoms with Crippen LogP contribution in [0.2, 0.25) is 10.0 Å². The smallest absolute Gasteiger partial charge is 0.221 e. The molecule has 2 N–H and O–H groups in total. The Hall–Kier alpha value is -1.91. The molecule has 2 aromatic rings. The van der Waals surface area contributed by atoms with Crippen LogP contribution in [0.4, 0.5) is 11.4 Å². The molecule has 122 valence electrons. The van der Waals surface area contributed by atoms with Gasteiger partial charge in [-0.05, 0) is 43.3 Å². The summed E-state index contributed by atoms with van der Waals surface area (Å²) < 4.78 is 5.60. The van der Waals surface area contributed by atoms with E-state index in [4.69, 9.17) is 27.9 Å². The number of benzene rings is 2. The van der Waals surface area contributed by atoms with Crippen molar-refractivity contribution in [3.05, 3.63) is 52.0 Å². The molecule has 0 bridgehead atoms. The second-order valence-corrected chi connectivity index (χ2v) is 5.76. The fraction of sp³-hybridized carbons (Fsp3) is 0.235. The lowest BCUT2D eigenvalue weighted by Crippen LogP contribution is -2.06. The van der Waals surface area contributed by atoms with Crippen molar-refractivity contribution >= 4 is 40.5 Å². The Bertz CT molecular complexity index is 688. The zero-order valence-electron chi connectivity index (χ0n) is 13.0. The number of nitrogens with one attached hydrogen (secondary N) is 2. The molecule has 23 heavy (non-hydrogen) atoms. The molecule has 0 radical (unpaired) electrons. The van der Waals surface area contributed by atoms with E-state index in [1.54, 1.807) is 6.07 Å². The van der Waals surface area contributed by atoms with Crippen molar-refractivity contribution in [1.29, 1.82) is 0 Å². The molecule has 0 saturated carbocycles. The van der Waals surface area contributed by atoms with Gasteiger partial charge in [-0.1, -0.05) is 23.2 Å². The van der Waals surface area contributed by atoms with Crippen LogP contribution in [0.3, 0.4) is 0 Å². The molecular formula is C17H18Cl2N2O2. The number of anilines is 2. The minimum atomic E-state index is -0.0966. The van der Waals surface area contributed by atoms with Gasteiger partial charge in [-0.25, -0.2) is 0 Å². The minimum Gasteiger partial charge on any atom is -0.492 e. The number of amides is 1. The number of hydrogen-bond donors (Lipinski definition) is 2. The van der Waals surface area contributed by atoms with Crippen LogP contribution in [0, 0.1) is 0 Å². The lowest BCUT2D eigenvalue weighted by molar-refractivity contribution is -0.114. The molecule has 4 nitrogen and oxygen atoms in total. The van der Waals surface area contributed by atoms with Gasteiger partial charge in [-0.3, -0.25) is 4.79 Å². The van der Waals surface area contributed by atoms with Gasteiger partial charge in [0.05, 0.1) is 11.6 Å². The zero-order valence-corrected chi connectivity index (χ0v) is 14.5. The van der Waals surface area contributed by atoms with E-state index in [-0.39, 0.29) is 5.91 Å². The highest BCUT2D eigenvalue weighted by atomic mass is 35.5. The molecule has 0 saturated heterocycles. The first-order chi connectivity index (χ1) is 11.0. The summed E-state index contributed by atoms with van der Waals surface area (Å²) in [6.45, 7) is 4.43. The van der Waals surface area contributed by atoms with Crippen LogP contribution in [0.25, 0.3) is 0 Å². The third kappa shape index (κ3) is 5.05. The second-order valence-electron chi connectivity index (χ2n) is 4.92. The van der Waals surface area contributed by atoms with E-state index in [2.05, 4.69) is 10.6 Å². The number of carbonyl (C=O) groups is 1. The monoisotopic (exact) mass is 352 g/mol. The van der Waals surface area contributed by atoms with Crippen molar-refractivity contribution in [3.8, 4) is 5.75 Å². The van der Waals surface area contributed by atoms with Gasteiger partial charge >= 0.3 is 0 Å². The van der Waals surface area contributed by atoms with E-state index in [9.17, 15) is 4.79 Å². The molecule has 0 aromatic heterocycles. The summed E-state index contributed by atoms with van der Waals surface area (Å²) in [4.78, 5) is 11.0. The van der Waals surface area contributed by atoms with Gasteiger partial charge in [0.2, 0.25) is 5.91 Å². The van der Waals surface area contributed by atoms with Crippen LogP contribution in [0.1, 0.15) is 19.4 Å². The summed E-state index contributed by atoms with van der Waals surface area (Å²) in [6.07, 6.45) is 0. The second kappa shape index (κ2) is 8.09. The van der Waals surface area contributed by atoms with Crippen molar-refractivity contribution in [2.24, 2.45) is 0 Å². The average molecular weight is 353 g/mol. The van der Waals surface area contributed by atoms with Crippen LogP contribution < -0.4 is 15.4 Å². The van der Waals surface area contributed by atoms with E-state index in [0.29, 0.717) is 28.9 Å². The summed E-state index contributed by atoms with van der Waals surface area (Å²) in [5, 5.41) is 7.07. The van der Waals surface area contributed by atoms with E-state index in [1.165, 1.54) is 6.92 Å². The number of carbonyl (C=O) groups excluding carboxylic acids is 1. The highest BCUT2D eigenvalue weighted by molar-refractivity contribution is 6.35. The van der Waals surface area contributed by atoms with Crippen LogP contribution in [0.5, 0.6) is 5.75 Å². The molecule has 0 heterocycles. The van der Waals surface area contributed by atoms with Crippen molar-refractivity contribution in [2.75, 3.05) is 17.2 Å². The Balaban J connectivity index is 2.09. The minimum absolute atomic E-state index is 0.0966. The molecule has 2 rings (SSSR count). The summed E-state index contributed by atoms with van der Waals surface area (Å²) in [6, 6.07) is 10.9. The number of hydrogen-bond acceptors (Lipinski definition) is 3. The molecule has 2 aromatic carbocycles. The maximum atomic E-state index is 11.0. The van der Waals surface area contributed by atoms with Crippen molar-refractivity contribution in [3.63, 3.8) is 0 Å². The molecule has 0 atom stereocenters. The molecule has 0 unspecified atom stereocenters. The van der Waals surface area contributed by atoms with Gasteiger partial charge in [0, 0.05) is 35.4 Å². The SMILES string of the molecule is CCOc1c(Cl)cc(Cl)cc1CNc1ccc(NC(C)=O)cc1. The van der Waals surface area contributed by atoms with Crippen LogP contribution in [0.15, 0.2) is 36.4 Å². The molecule has 0 fully saturated rings. The Morgan fingerprint density at radius 3 is 2.39 bits per heavy atom. The first-order valence-corrected chi connectivity index (χ1v) is 7.97. The van der Waals surface area contributed by atoms with Crippen molar-refractivity contribution in [1.82, 2.24) is 0 Å². The highest BCUT2D eigenvalue weighted by Gasteiger charge is 2.10. The first-order valence-electron chi connectivity index (χ1n) is 7.22. The summed E-state index contributed by atoms with van der Waals surface area (Å²) in [5.74, 6) is 0.543. The fourth-order valence-electron chi connectivity index (χ4n) is 2.12. The molecule has 6 heteroatoms. The largest absolute Gasteiger partial charge is 0.492 e. The number of halogens is 2. The van der Waals surface area contributed by atoms with Crippen LogP contribution in [-0.4, -0.2) is 12.5 Å². The van der Waals surface area contributed by atoms with E-state index < -0.39 is 0 Å². The van der Waals surface area contributed by atoms with Gasteiger partial charge in [0.25, 0.3) is 0 Å². The molecule has 1 amide bonds. The lowest BCUT2D eigenvalue weighted by Gasteiger charge is -2.14. The van der Waals surface area contributed by atoms with Gasteiger partial charge in [-0.2, -0.15) is 0 Å². The van der Waals surface area contributed by atoms with Crippen molar-refractivity contribution < 1.29 is 9.53 Å². The standard InChI is InChI=1S/C17H18Cl2N2O2/c1-3-23-17-12(8-13(18)9-16(17)19)10-20-14-4-6-15(7-5-14)21-11(2)22/h4-9,20H,3,10H2,1-2H3,(H,21,22). The van der Waals surface area contributed by atoms with Crippen LogP contribution >= 0.6 is 23.2 Å². The maximum absolute atomic E-state index is 11.0. The third-order valence-corrected chi connectivity index (χ3v) is 3.56. The third-order valence-electron chi connectivity index (χ3n) is 3.06. The molecular weight excluding hydrogens is 335 g/mol. The fourth-order valence-corrected chi connectivity index (χ4v) is 2.71. The van der Waals surface area contributed by atoms with Gasteiger partial charge in [-0.15, -0.1) is 0 Å². The van der Waals surface area contributed by atoms with E-state index in [0.717, 1.165) is 16.9 Å². The average Bonchev–Trinajstić information content (AvgIpc) is 2.49. The predicted molar refractivity (Wildman–Crippen MR) is 95.7 cm³/mol. The summed E-state index contributed by atoms with van der Waals surface area (Å²) in [5.41, 5.74) is 2.55.